The monoisotopic (exact) mass is 250 g/mol. The highest BCUT2D eigenvalue weighted by Crippen LogP contribution is 2.33. The second-order valence-corrected chi connectivity index (χ2v) is 5.38. The summed E-state index contributed by atoms with van der Waals surface area (Å²) >= 11 is 0. The molecule has 2 amide bonds. The Morgan fingerprint density at radius 3 is 2.67 bits per heavy atom. The topological polar surface area (TPSA) is 49.4 Å². The highest BCUT2D eigenvalue weighted by atomic mass is 16.2. The van der Waals surface area contributed by atoms with E-state index < -0.39 is 5.54 Å². The minimum absolute atomic E-state index is 0.0134. The number of piperazine rings is 1. The van der Waals surface area contributed by atoms with Gasteiger partial charge in [0.15, 0.2) is 0 Å². The summed E-state index contributed by atoms with van der Waals surface area (Å²) < 4.78 is 0. The molecule has 1 aliphatic heterocycles. The van der Waals surface area contributed by atoms with Crippen LogP contribution in [0.15, 0.2) is 12.7 Å². The van der Waals surface area contributed by atoms with Gasteiger partial charge in [0.2, 0.25) is 11.8 Å². The lowest BCUT2D eigenvalue weighted by Crippen LogP contribution is -2.70. The fraction of sp³-hybridized carbons (Fsp3) is 0.714. The van der Waals surface area contributed by atoms with Gasteiger partial charge in [0.05, 0.1) is 0 Å². The average molecular weight is 250 g/mol. The third-order valence-corrected chi connectivity index (χ3v) is 4.16. The van der Waals surface area contributed by atoms with Gasteiger partial charge >= 0.3 is 0 Å². The molecule has 0 aromatic heterocycles. The first-order valence-electron chi connectivity index (χ1n) is 6.85. The van der Waals surface area contributed by atoms with Crippen molar-refractivity contribution in [1.82, 2.24) is 10.2 Å². The third kappa shape index (κ3) is 2.16. The van der Waals surface area contributed by atoms with Crippen LogP contribution in [0.3, 0.4) is 0 Å². The molecule has 0 aromatic rings. The lowest BCUT2D eigenvalue weighted by molar-refractivity contribution is -0.155. The molecule has 18 heavy (non-hydrogen) atoms. The van der Waals surface area contributed by atoms with Crippen LogP contribution in [0.25, 0.3) is 0 Å². The van der Waals surface area contributed by atoms with E-state index in [2.05, 4.69) is 11.9 Å². The molecule has 1 N–H and O–H groups in total. The van der Waals surface area contributed by atoms with Gasteiger partial charge in [-0.15, -0.1) is 6.58 Å². The minimum Gasteiger partial charge on any atom is -0.340 e. The van der Waals surface area contributed by atoms with Crippen molar-refractivity contribution in [3.63, 3.8) is 0 Å². The van der Waals surface area contributed by atoms with Gasteiger partial charge in [-0.1, -0.05) is 25.3 Å². The Morgan fingerprint density at radius 2 is 2.06 bits per heavy atom. The summed E-state index contributed by atoms with van der Waals surface area (Å²) in [5.74, 6) is 0.0942. The van der Waals surface area contributed by atoms with Crippen molar-refractivity contribution in [2.24, 2.45) is 0 Å². The van der Waals surface area contributed by atoms with Crippen molar-refractivity contribution in [3.05, 3.63) is 12.7 Å². The van der Waals surface area contributed by atoms with Crippen LogP contribution >= 0.6 is 0 Å². The van der Waals surface area contributed by atoms with Crippen LogP contribution in [-0.2, 0) is 9.59 Å². The van der Waals surface area contributed by atoms with Gasteiger partial charge in [0.1, 0.15) is 11.6 Å². The number of rotatable bonds is 3. The maximum atomic E-state index is 12.6. The van der Waals surface area contributed by atoms with Gasteiger partial charge in [-0.05, 0) is 26.2 Å². The zero-order valence-corrected chi connectivity index (χ0v) is 11.1. The molecule has 4 heteroatoms. The SMILES string of the molecule is C=CCCN1C(=O)C2(CCCCC2)NC(=O)C1C. The molecule has 0 bridgehead atoms. The molecule has 1 atom stereocenters. The van der Waals surface area contributed by atoms with Crippen LogP contribution in [0.5, 0.6) is 0 Å². The van der Waals surface area contributed by atoms with Crippen molar-refractivity contribution in [3.8, 4) is 0 Å². The van der Waals surface area contributed by atoms with E-state index in [4.69, 9.17) is 0 Å². The quantitative estimate of drug-likeness (QED) is 0.774. The predicted octanol–water partition coefficient (Wildman–Crippen LogP) is 1.61. The Labute approximate surface area is 108 Å². The number of nitrogens with one attached hydrogen (secondary N) is 1. The van der Waals surface area contributed by atoms with Crippen LogP contribution in [0.2, 0.25) is 0 Å². The van der Waals surface area contributed by atoms with Crippen LogP contribution in [0.4, 0.5) is 0 Å². The van der Waals surface area contributed by atoms with Crippen molar-refractivity contribution >= 4 is 11.8 Å². The molecule has 1 aliphatic carbocycles. The second-order valence-electron chi connectivity index (χ2n) is 5.38. The van der Waals surface area contributed by atoms with E-state index in [0.717, 1.165) is 38.5 Å². The first-order valence-corrected chi connectivity index (χ1v) is 6.85. The first-order chi connectivity index (χ1) is 8.60. The van der Waals surface area contributed by atoms with Crippen LogP contribution in [0, 0.1) is 0 Å². The zero-order chi connectivity index (χ0) is 13.2. The van der Waals surface area contributed by atoms with Gasteiger partial charge in [-0.3, -0.25) is 9.59 Å². The van der Waals surface area contributed by atoms with E-state index >= 15 is 0 Å². The Bertz CT molecular complexity index is 359. The number of amides is 2. The highest BCUT2D eigenvalue weighted by molar-refractivity contribution is 5.99. The summed E-state index contributed by atoms with van der Waals surface area (Å²) in [7, 11) is 0. The number of nitrogens with zero attached hydrogens (tertiary/aromatic N) is 1. The summed E-state index contributed by atoms with van der Waals surface area (Å²) in [6.45, 7) is 6.07. The molecular formula is C14H22N2O2. The van der Waals surface area contributed by atoms with Crippen molar-refractivity contribution in [2.45, 2.75) is 57.0 Å². The van der Waals surface area contributed by atoms with Gasteiger partial charge in [0.25, 0.3) is 0 Å². The summed E-state index contributed by atoms with van der Waals surface area (Å²) in [4.78, 5) is 26.4. The average Bonchev–Trinajstić information content (AvgIpc) is 2.38. The molecule has 100 valence electrons. The van der Waals surface area contributed by atoms with Crippen molar-refractivity contribution in [1.29, 1.82) is 0 Å². The van der Waals surface area contributed by atoms with Crippen molar-refractivity contribution in [2.75, 3.05) is 6.54 Å². The molecule has 0 radical (unpaired) electrons. The van der Waals surface area contributed by atoms with E-state index in [0.29, 0.717) is 6.54 Å². The van der Waals surface area contributed by atoms with E-state index in [1.165, 1.54) is 0 Å². The van der Waals surface area contributed by atoms with Gasteiger partial charge in [0, 0.05) is 6.54 Å². The molecule has 1 unspecified atom stereocenters. The molecule has 1 saturated carbocycles. The van der Waals surface area contributed by atoms with Crippen LogP contribution in [0.1, 0.15) is 45.4 Å². The highest BCUT2D eigenvalue weighted by Gasteiger charge is 2.49. The van der Waals surface area contributed by atoms with Crippen LogP contribution < -0.4 is 5.32 Å². The Hall–Kier alpha value is -1.32. The number of carbonyl (C=O) groups is 2. The largest absolute Gasteiger partial charge is 0.340 e. The van der Waals surface area contributed by atoms with E-state index in [-0.39, 0.29) is 17.9 Å². The lowest BCUT2D eigenvalue weighted by Gasteiger charge is -2.46. The standard InChI is InChI=1S/C14H22N2O2/c1-3-4-10-16-11(2)12(17)15-14(13(16)18)8-6-5-7-9-14/h3,11H,1,4-10H2,2H3,(H,15,17). The second kappa shape index (κ2) is 5.12. The molecule has 1 heterocycles. The molecule has 0 aromatic carbocycles. The fourth-order valence-corrected chi connectivity index (χ4v) is 3.01. The summed E-state index contributed by atoms with van der Waals surface area (Å²) in [6.07, 6.45) is 7.31. The molecule has 2 fully saturated rings. The number of hydrogen-bond donors (Lipinski definition) is 1. The van der Waals surface area contributed by atoms with E-state index in [9.17, 15) is 9.59 Å². The minimum atomic E-state index is -0.608. The molecular weight excluding hydrogens is 228 g/mol. The fourth-order valence-electron chi connectivity index (χ4n) is 3.01. The molecule has 1 spiro atoms. The molecule has 2 rings (SSSR count). The smallest absolute Gasteiger partial charge is 0.249 e. The van der Waals surface area contributed by atoms with E-state index in [1.54, 1.807) is 17.9 Å². The maximum Gasteiger partial charge on any atom is 0.249 e. The van der Waals surface area contributed by atoms with Gasteiger partial charge < -0.3 is 10.2 Å². The number of carbonyl (C=O) groups excluding carboxylic acids is 2. The molecule has 1 saturated heterocycles. The first kappa shape index (κ1) is 13.1. The summed E-state index contributed by atoms with van der Waals surface area (Å²) in [5.41, 5.74) is -0.608. The molecule has 2 aliphatic rings. The number of hydrogen-bond acceptors (Lipinski definition) is 2. The normalized spacial score (nSPS) is 27.2. The molecule has 4 nitrogen and oxygen atoms in total. The summed E-state index contributed by atoms with van der Waals surface area (Å²) in [5, 5.41) is 2.98. The zero-order valence-electron chi connectivity index (χ0n) is 11.1. The van der Waals surface area contributed by atoms with E-state index in [1.807, 2.05) is 0 Å². The summed E-state index contributed by atoms with van der Waals surface area (Å²) in [6, 6.07) is -0.356. The Morgan fingerprint density at radius 1 is 1.39 bits per heavy atom. The van der Waals surface area contributed by atoms with Crippen molar-refractivity contribution < 1.29 is 9.59 Å². The van der Waals surface area contributed by atoms with Gasteiger partial charge in [-0.2, -0.15) is 0 Å². The lowest BCUT2D eigenvalue weighted by atomic mass is 9.78. The predicted molar refractivity (Wildman–Crippen MR) is 69.9 cm³/mol. The third-order valence-electron chi connectivity index (χ3n) is 4.16. The van der Waals surface area contributed by atoms with Gasteiger partial charge in [-0.25, -0.2) is 0 Å². The van der Waals surface area contributed by atoms with Crippen LogP contribution in [-0.4, -0.2) is 34.8 Å². The Kier molecular flexibility index (Phi) is 3.73. The Balaban J connectivity index is 2.20. The maximum absolute atomic E-state index is 12.6.